The summed E-state index contributed by atoms with van der Waals surface area (Å²) in [6.45, 7) is 2.98. The van der Waals surface area contributed by atoms with E-state index in [0.717, 1.165) is 51.4 Å². The minimum atomic E-state index is -3.15. The normalized spacial score (nSPS) is 25.1. The molecule has 0 amide bonds. The smallest absolute Gasteiger partial charge is 0.217 e. The van der Waals surface area contributed by atoms with Crippen LogP contribution in [0, 0.1) is 0 Å². The van der Waals surface area contributed by atoms with E-state index in [1.54, 1.807) is 4.31 Å². The summed E-state index contributed by atoms with van der Waals surface area (Å²) >= 11 is 0. The van der Waals surface area contributed by atoms with E-state index in [1.807, 2.05) is 6.92 Å². The van der Waals surface area contributed by atoms with Gasteiger partial charge >= 0.3 is 0 Å². The predicted molar refractivity (Wildman–Crippen MR) is 73.8 cm³/mol. The summed E-state index contributed by atoms with van der Waals surface area (Å²) < 4.78 is 27.3. The van der Waals surface area contributed by atoms with Crippen molar-refractivity contribution in [3.8, 4) is 0 Å². The average Bonchev–Trinajstić information content (AvgIpc) is 3.01. The second-order valence-corrected chi connectivity index (χ2v) is 7.89. The number of nitrogens with two attached hydrogens (primary N) is 1. The Balaban J connectivity index is 2.26. The molecule has 0 spiro atoms. The summed E-state index contributed by atoms with van der Waals surface area (Å²) in [5, 5.41) is -0.151. The zero-order valence-corrected chi connectivity index (χ0v) is 12.2. The summed E-state index contributed by atoms with van der Waals surface area (Å²) in [4.78, 5) is 0. The molecule has 4 nitrogen and oxygen atoms in total. The van der Waals surface area contributed by atoms with Crippen LogP contribution >= 0.6 is 0 Å². The first-order valence-corrected chi connectivity index (χ1v) is 8.79. The fourth-order valence-electron chi connectivity index (χ4n) is 3.74. The molecule has 2 aliphatic rings. The van der Waals surface area contributed by atoms with Gasteiger partial charge in [-0.15, -0.1) is 0 Å². The molecule has 0 saturated heterocycles. The number of likely N-dealkylation sites (N-methyl/N-ethyl adjacent to an activating group) is 1. The Morgan fingerprint density at radius 1 is 1.17 bits per heavy atom. The van der Waals surface area contributed by atoms with E-state index in [4.69, 9.17) is 5.73 Å². The van der Waals surface area contributed by atoms with Crippen LogP contribution in [0.1, 0.15) is 58.3 Å². The van der Waals surface area contributed by atoms with Crippen LogP contribution in [0.15, 0.2) is 0 Å². The number of hydrogen-bond donors (Lipinski definition) is 1. The molecule has 2 rings (SSSR count). The van der Waals surface area contributed by atoms with Crippen LogP contribution in [-0.2, 0) is 10.0 Å². The highest BCUT2D eigenvalue weighted by Crippen LogP contribution is 2.39. The van der Waals surface area contributed by atoms with Gasteiger partial charge in [-0.3, -0.25) is 0 Å². The van der Waals surface area contributed by atoms with Gasteiger partial charge < -0.3 is 5.73 Å². The Morgan fingerprint density at radius 2 is 1.72 bits per heavy atom. The summed E-state index contributed by atoms with van der Waals surface area (Å²) in [6.07, 6.45) is 7.85. The van der Waals surface area contributed by atoms with E-state index < -0.39 is 10.0 Å². The van der Waals surface area contributed by atoms with Crippen LogP contribution in [0.3, 0.4) is 0 Å². The molecule has 0 radical (unpaired) electrons. The number of sulfonamides is 1. The molecule has 0 atom stereocenters. The molecule has 0 unspecified atom stereocenters. The van der Waals surface area contributed by atoms with Crippen molar-refractivity contribution in [2.45, 2.75) is 69.1 Å². The van der Waals surface area contributed by atoms with Gasteiger partial charge in [-0.1, -0.05) is 32.6 Å². The van der Waals surface area contributed by atoms with Crippen LogP contribution in [0.2, 0.25) is 0 Å². The quantitative estimate of drug-likeness (QED) is 0.832. The van der Waals surface area contributed by atoms with E-state index >= 15 is 0 Å². The average molecular weight is 274 g/mol. The standard InChI is InChI=1S/C13H26N2O2S/c1-2-15(13(11-14)9-5-6-10-13)18(16,17)12-7-3-4-8-12/h12H,2-11,14H2,1H3. The van der Waals surface area contributed by atoms with Crippen molar-refractivity contribution in [3.63, 3.8) is 0 Å². The first kappa shape index (κ1) is 14.3. The van der Waals surface area contributed by atoms with Crippen molar-refractivity contribution in [2.24, 2.45) is 5.73 Å². The van der Waals surface area contributed by atoms with Crippen LogP contribution in [-0.4, -0.2) is 36.6 Å². The van der Waals surface area contributed by atoms with Gasteiger partial charge in [0.1, 0.15) is 0 Å². The second kappa shape index (κ2) is 5.47. The molecule has 0 heterocycles. The lowest BCUT2D eigenvalue weighted by Crippen LogP contribution is -2.56. The maximum Gasteiger partial charge on any atom is 0.217 e. The van der Waals surface area contributed by atoms with Crippen molar-refractivity contribution in [3.05, 3.63) is 0 Å². The second-order valence-electron chi connectivity index (χ2n) is 5.75. The Kier molecular flexibility index (Phi) is 4.34. The first-order valence-electron chi connectivity index (χ1n) is 7.28. The Bertz CT molecular complexity index is 368. The van der Waals surface area contributed by atoms with Gasteiger partial charge in [0.2, 0.25) is 10.0 Å². The summed E-state index contributed by atoms with van der Waals surface area (Å²) in [5.41, 5.74) is 5.65. The van der Waals surface area contributed by atoms with Crippen LogP contribution in [0.5, 0.6) is 0 Å². The van der Waals surface area contributed by atoms with Gasteiger partial charge in [-0.25, -0.2) is 8.42 Å². The highest BCUT2D eigenvalue weighted by Gasteiger charge is 2.46. The van der Waals surface area contributed by atoms with Gasteiger partial charge in [0, 0.05) is 18.6 Å². The third-order valence-electron chi connectivity index (χ3n) is 4.76. The molecule has 2 saturated carbocycles. The van der Waals surface area contributed by atoms with Crippen LogP contribution in [0.4, 0.5) is 0 Å². The molecule has 0 aromatic heterocycles. The van der Waals surface area contributed by atoms with E-state index in [9.17, 15) is 8.42 Å². The SMILES string of the molecule is CCN(C1(CN)CCCC1)S(=O)(=O)C1CCCC1. The van der Waals surface area contributed by atoms with Gasteiger partial charge in [0.25, 0.3) is 0 Å². The number of rotatable bonds is 5. The first-order chi connectivity index (χ1) is 8.57. The molecule has 0 aliphatic heterocycles. The molecule has 2 aliphatic carbocycles. The molecule has 0 aromatic carbocycles. The van der Waals surface area contributed by atoms with Crippen molar-refractivity contribution >= 4 is 10.0 Å². The van der Waals surface area contributed by atoms with E-state index in [1.165, 1.54) is 0 Å². The molecular formula is C13H26N2O2S. The fourth-order valence-corrected chi connectivity index (χ4v) is 6.19. The lowest BCUT2D eigenvalue weighted by atomic mass is 9.98. The van der Waals surface area contributed by atoms with Crippen molar-refractivity contribution in [1.82, 2.24) is 4.31 Å². The monoisotopic (exact) mass is 274 g/mol. The molecular weight excluding hydrogens is 248 g/mol. The molecule has 106 valence electrons. The van der Waals surface area contributed by atoms with Crippen LogP contribution < -0.4 is 5.73 Å². The molecule has 0 aromatic rings. The zero-order valence-electron chi connectivity index (χ0n) is 11.4. The lowest BCUT2D eigenvalue weighted by molar-refractivity contribution is 0.203. The van der Waals surface area contributed by atoms with E-state index in [-0.39, 0.29) is 10.8 Å². The summed E-state index contributed by atoms with van der Waals surface area (Å²) in [5.74, 6) is 0. The maximum absolute atomic E-state index is 12.8. The highest BCUT2D eigenvalue weighted by molar-refractivity contribution is 7.89. The minimum Gasteiger partial charge on any atom is -0.329 e. The maximum atomic E-state index is 12.8. The lowest BCUT2D eigenvalue weighted by Gasteiger charge is -2.40. The molecule has 0 bridgehead atoms. The van der Waals surface area contributed by atoms with E-state index in [2.05, 4.69) is 0 Å². The van der Waals surface area contributed by atoms with Gasteiger partial charge in [0.05, 0.1) is 5.25 Å². The molecule has 2 fully saturated rings. The summed E-state index contributed by atoms with van der Waals surface area (Å²) in [6, 6.07) is 0. The van der Waals surface area contributed by atoms with Gasteiger partial charge in [-0.05, 0) is 25.7 Å². The molecule has 18 heavy (non-hydrogen) atoms. The number of hydrogen-bond acceptors (Lipinski definition) is 3. The van der Waals surface area contributed by atoms with Gasteiger partial charge in [0.15, 0.2) is 0 Å². The fraction of sp³-hybridized carbons (Fsp3) is 1.00. The van der Waals surface area contributed by atoms with Crippen molar-refractivity contribution < 1.29 is 8.42 Å². The Hall–Kier alpha value is -0.130. The van der Waals surface area contributed by atoms with Crippen molar-refractivity contribution in [2.75, 3.05) is 13.1 Å². The third-order valence-corrected chi connectivity index (χ3v) is 7.33. The van der Waals surface area contributed by atoms with Crippen LogP contribution in [0.25, 0.3) is 0 Å². The molecule has 5 heteroatoms. The highest BCUT2D eigenvalue weighted by atomic mass is 32.2. The Labute approximate surface area is 111 Å². The minimum absolute atomic E-state index is 0.151. The third kappa shape index (κ3) is 2.32. The number of nitrogens with zero attached hydrogens (tertiary/aromatic N) is 1. The van der Waals surface area contributed by atoms with Crippen molar-refractivity contribution in [1.29, 1.82) is 0 Å². The largest absolute Gasteiger partial charge is 0.329 e. The summed E-state index contributed by atoms with van der Waals surface area (Å²) in [7, 11) is -3.15. The topological polar surface area (TPSA) is 63.4 Å². The molecule has 2 N–H and O–H groups in total. The predicted octanol–water partition coefficient (Wildman–Crippen LogP) is 1.85. The zero-order chi connectivity index (χ0) is 13.2. The Morgan fingerprint density at radius 3 is 2.17 bits per heavy atom. The van der Waals surface area contributed by atoms with Gasteiger partial charge in [-0.2, -0.15) is 4.31 Å². The van der Waals surface area contributed by atoms with E-state index in [0.29, 0.717) is 13.1 Å².